The van der Waals surface area contributed by atoms with Gasteiger partial charge in [-0.1, -0.05) is 6.07 Å². The second kappa shape index (κ2) is 5.91. The molecule has 4 saturated carbocycles. The van der Waals surface area contributed by atoms with E-state index in [2.05, 4.69) is 54.2 Å². The Morgan fingerprint density at radius 2 is 1.93 bits per heavy atom. The van der Waals surface area contributed by atoms with Crippen molar-refractivity contribution in [1.82, 2.24) is 14.8 Å². The van der Waals surface area contributed by atoms with E-state index in [1.807, 2.05) is 6.33 Å². The van der Waals surface area contributed by atoms with Gasteiger partial charge in [0, 0.05) is 5.69 Å². The molecular formula is C22H25BrN4O. The summed E-state index contributed by atoms with van der Waals surface area (Å²) in [4.78, 5) is 17.9. The van der Waals surface area contributed by atoms with Crippen molar-refractivity contribution in [3.63, 3.8) is 0 Å². The molecular weight excluding hydrogens is 416 g/mol. The van der Waals surface area contributed by atoms with Crippen LogP contribution in [0.25, 0.3) is 0 Å². The number of aromatic nitrogens is 3. The van der Waals surface area contributed by atoms with Crippen molar-refractivity contribution in [2.24, 2.45) is 17.3 Å². The molecule has 7 rings (SSSR count). The summed E-state index contributed by atoms with van der Waals surface area (Å²) in [6, 6.07) is 6.49. The number of carbonyl (C=O) groups excluding carboxylic acids is 1. The van der Waals surface area contributed by atoms with Gasteiger partial charge < -0.3 is 5.32 Å². The van der Waals surface area contributed by atoms with E-state index < -0.39 is 0 Å². The monoisotopic (exact) mass is 440 g/mol. The maximum absolute atomic E-state index is 13.6. The van der Waals surface area contributed by atoms with Crippen LogP contribution >= 0.6 is 15.9 Å². The Bertz CT molecular complexity index is 953. The van der Waals surface area contributed by atoms with Gasteiger partial charge in [0.1, 0.15) is 6.33 Å². The standard InChI is InChI=1S/C22H25BrN4O/c23-20-24-13-27(26-20)22-10-14-6-15(11-22)9-21(8-14,12-22)19(28)25-18-5-4-16-2-1-3-17(16)7-18/h4-5,7,13-15H,1-3,6,8-12H2,(H,25,28)/t14-,15-,21?,22?/m0/s1. The highest BCUT2D eigenvalue weighted by molar-refractivity contribution is 9.10. The maximum atomic E-state index is 13.6. The van der Waals surface area contributed by atoms with E-state index in [1.165, 1.54) is 30.4 Å². The van der Waals surface area contributed by atoms with E-state index in [1.54, 1.807) is 0 Å². The molecule has 0 aliphatic heterocycles. The van der Waals surface area contributed by atoms with Crippen LogP contribution in [-0.2, 0) is 23.2 Å². The maximum Gasteiger partial charge on any atom is 0.230 e. The summed E-state index contributed by atoms with van der Waals surface area (Å²) in [7, 11) is 0. The number of fused-ring (bicyclic) bond motifs is 1. The van der Waals surface area contributed by atoms with E-state index in [0.29, 0.717) is 16.6 Å². The highest BCUT2D eigenvalue weighted by atomic mass is 79.9. The molecule has 1 amide bonds. The van der Waals surface area contributed by atoms with Crippen molar-refractivity contribution in [1.29, 1.82) is 0 Å². The minimum Gasteiger partial charge on any atom is -0.326 e. The highest BCUT2D eigenvalue weighted by Gasteiger charge is 2.61. The lowest BCUT2D eigenvalue weighted by molar-refractivity contribution is -0.150. The fraction of sp³-hybridized carbons (Fsp3) is 0.591. The van der Waals surface area contributed by atoms with E-state index in [4.69, 9.17) is 0 Å². The first-order valence-corrected chi connectivity index (χ1v) is 11.3. The van der Waals surface area contributed by atoms with Crippen LogP contribution in [0.15, 0.2) is 29.3 Å². The third-order valence-corrected chi connectivity index (χ3v) is 8.18. The van der Waals surface area contributed by atoms with Crippen molar-refractivity contribution in [2.75, 3.05) is 5.32 Å². The predicted molar refractivity (Wildman–Crippen MR) is 110 cm³/mol. The normalized spacial score (nSPS) is 35.2. The Kier molecular flexibility index (Phi) is 3.63. The molecule has 28 heavy (non-hydrogen) atoms. The quantitative estimate of drug-likeness (QED) is 0.765. The second-order valence-corrected chi connectivity index (χ2v) is 10.4. The number of anilines is 1. The number of carbonyl (C=O) groups is 1. The summed E-state index contributed by atoms with van der Waals surface area (Å²) >= 11 is 3.40. The molecule has 5 aliphatic carbocycles. The van der Waals surface area contributed by atoms with Crippen LogP contribution in [0.4, 0.5) is 5.69 Å². The minimum absolute atomic E-state index is 0.0433. The average Bonchev–Trinajstić information content (AvgIpc) is 3.29. The van der Waals surface area contributed by atoms with Gasteiger partial charge in [0.25, 0.3) is 0 Å². The summed E-state index contributed by atoms with van der Waals surface area (Å²) < 4.78 is 2.70. The van der Waals surface area contributed by atoms with E-state index >= 15 is 0 Å². The van der Waals surface area contributed by atoms with Crippen molar-refractivity contribution >= 4 is 27.5 Å². The van der Waals surface area contributed by atoms with Gasteiger partial charge in [0.2, 0.25) is 10.6 Å². The molecule has 1 aromatic heterocycles. The number of nitrogens with zero attached hydrogens (tertiary/aromatic N) is 3. The predicted octanol–water partition coefficient (Wildman–Crippen LogP) is 4.46. The topological polar surface area (TPSA) is 59.8 Å². The van der Waals surface area contributed by atoms with E-state index in [0.717, 1.165) is 44.2 Å². The van der Waals surface area contributed by atoms with Crippen LogP contribution in [0.3, 0.4) is 0 Å². The average molecular weight is 441 g/mol. The third-order valence-electron chi connectivity index (χ3n) is 7.82. The molecule has 5 aliphatic rings. The molecule has 1 N–H and O–H groups in total. The first-order valence-electron chi connectivity index (χ1n) is 10.5. The van der Waals surface area contributed by atoms with Crippen molar-refractivity contribution in [3.05, 3.63) is 40.4 Å². The zero-order chi connectivity index (χ0) is 18.9. The zero-order valence-corrected chi connectivity index (χ0v) is 17.5. The van der Waals surface area contributed by atoms with Crippen LogP contribution < -0.4 is 5.32 Å². The lowest BCUT2D eigenvalue weighted by Gasteiger charge is -2.60. The van der Waals surface area contributed by atoms with Crippen LogP contribution in [0.1, 0.15) is 56.1 Å². The summed E-state index contributed by atoms with van der Waals surface area (Å²) in [5.41, 5.74) is 3.52. The number of aryl methyl sites for hydroxylation is 2. The lowest BCUT2D eigenvalue weighted by Crippen LogP contribution is -2.60. The number of benzene rings is 1. The van der Waals surface area contributed by atoms with Crippen molar-refractivity contribution in [3.8, 4) is 0 Å². The minimum atomic E-state index is -0.262. The molecule has 4 bridgehead atoms. The van der Waals surface area contributed by atoms with Gasteiger partial charge in [0.15, 0.2) is 0 Å². The third kappa shape index (κ3) is 2.53. The SMILES string of the molecule is O=C(Nc1ccc2c(c1)CCC2)C12C[C@@H]3C[C@@H](C1)CC(n1cnc(Br)n1)(C3)C2. The van der Waals surface area contributed by atoms with Gasteiger partial charge >= 0.3 is 0 Å². The Morgan fingerprint density at radius 3 is 2.68 bits per heavy atom. The van der Waals surface area contributed by atoms with E-state index in [-0.39, 0.29) is 16.9 Å². The molecule has 0 spiro atoms. The fourth-order valence-corrected chi connectivity index (χ4v) is 7.40. The van der Waals surface area contributed by atoms with E-state index in [9.17, 15) is 4.79 Å². The van der Waals surface area contributed by atoms with Crippen LogP contribution in [0.5, 0.6) is 0 Å². The Morgan fingerprint density at radius 1 is 1.14 bits per heavy atom. The molecule has 2 aromatic rings. The highest BCUT2D eigenvalue weighted by Crippen LogP contribution is 2.64. The number of amides is 1. The van der Waals surface area contributed by atoms with Gasteiger partial charge in [-0.05, 0) is 109 Å². The number of hydrogen-bond acceptors (Lipinski definition) is 3. The van der Waals surface area contributed by atoms with Gasteiger partial charge in [-0.3, -0.25) is 4.79 Å². The molecule has 2 atom stereocenters. The van der Waals surface area contributed by atoms with Crippen LogP contribution in [0, 0.1) is 17.3 Å². The molecule has 5 nitrogen and oxygen atoms in total. The number of hydrogen-bond donors (Lipinski definition) is 1. The molecule has 4 fully saturated rings. The van der Waals surface area contributed by atoms with Gasteiger partial charge in [0.05, 0.1) is 11.0 Å². The second-order valence-electron chi connectivity index (χ2n) is 9.72. The molecule has 6 heteroatoms. The van der Waals surface area contributed by atoms with Gasteiger partial charge in [-0.25, -0.2) is 9.67 Å². The molecule has 1 heterocycles. The first-order chi connectivity index (χ1) is 13.5. The summed E-state index contributed by atoms with van der Waals surface area (Å²) in [6.07, 6.45) is 11.9. The van der Waals surface area contributed by atoms with Crippen LogP contribution in [0.2, 0.25) is 0 Å². The fourth-order valence-electron chi connectivity index (χ4n) is 7.13. The molecule has 0 radical (unpaired) electrons. The lowest BCUT2D eigenvalue weighted by atomic mass is 9.46. The Balaban J connectivity index is 1.31. The molecule has 1 aromatic carbocycles. The first kappa shape index (κ1) is 17.2. The smallest absolute Gasteiger partial charge is 0.230 e. The Hall–Kier alpha value is -1.69. The van der Waals surface area contributed by atoms with Gasteiger partial charge in [-0.15, -0.1) is 5.10 Å². The number of rotatable bonds is 3. The Labute approximate surface area is 173 Å². The van der Waals surface area contributed by atoms with Crippen molar-refractivity contribution in [2.45, 2.75) is 63.3 Å². The summed E-state index contributed by atoms with van der Waals surface area (Å²) in [5.74, 6) is 1.47. The number of halogens is 1. The molecule has 0 unspecified atom stereocenters. The summed E-state index contributed by atoms with van der Waals surface area (Å²) in [6.45, 7) is 0. The largest absolute Gasteiger partial charge is 0.326 e. The molecule has 0 saturated heterocycles. The molecule has 146 valence electrons. The number of nitrogens with one attached hydrogen (secondary N) is 1. The summed E-state index contributed by atoms with van der Waals surface area (Å²) in [5, 5.41) is 7.91. The van der Waals surface area contributed by atoms with Crippen molar-refractivity contribution < 1.29 is 4.79 Å². The van der Waals surface area contributed by atoms with Gasteiger partial charge in [-0.2, -0.15) is 0 Å². The zero-order valence-electron chi connectivity index (χ0n) is 16.0. The van der Waals surface area contributed by atoms with Crippen LogP contribution in [-0.4, -0.2) is 20.7 Å².